The van der Waals surface area contributed by atoms with E-state index in [0.29, 0.717) is 26.4 Å². The van der Waals surface area contributed by atoms with Crippen LogP contribution >= 0.6 is 0 Å². The summed E-state index contributed by atoms with van der Waals surface area (Å²) in [6, 6.07) is 12.9. The maximum absolute atomic E-state index is 6.07. The highest BCUT2D eigenvalue weighted by molar-refractivity contribution is 5.95. The second-order valence-corrected chi connectivity index (χ2v) is 6.58. The van der Waals surface area contributed by atoms with E-state index < -0.39 is 0 Å². The molecule has 1 N–H and O–H groups in total. The predicted octanol–water partition coefficient (Wildman–Crippen LogP) is 3.40. The van der Waals surface area contributed by atoms with Gasteiger partial charge < -0.3 is 19.5 Å². The summed E-state index contributed by atoms with van der Waals surface area (Å²) in [5.41, 5.74) is 2.70. The van der Waals surface area contributed by atoms with Crippen LogP contribution < -0.4 is 10.1 Å². The standard InChI is InChI=1S/C21H25NO3/c1-2-4-20-17(3-1)13-19(14-21(20)16-5-8-22-9-6-16)24-10-7-18-15-23-11-12-25-18/h1-5,13-14,18,22H,6-12,15H2. The van der Waals surface area contributed by atoms with E-state index in [1.165, 1.54) is 21.9 Å². The number of ether oxygens (including phenoxy) is 3. The average molecular weight is 339 g/mol. The van der Waals surface area contributed by atoms with E-state index in [9.17, 15) is 0 Å². The van der Waals surface area contributed by atoms with Gasteiger partial charge in [-0.2, -0.15) is 0 Å². The number of fused-ring (bicyclic) bond motifs is 1. The lowest BCUT2D eigenvalue weighted by Crippen LogP contribution is -2.29. The van der Waals surface area contributed by atoms with Crippen molar-refractivity contribution >= 4 is 16.3 Å². The van der Waals surface area contributed by atoms with Crippen LogP contribution in [0.2, 0.25) is 0 Å². The van der Waals surface area contributed by atoms with Gasteiger partial charge in [-0.25, -0.2) is 0 Å². The Morgan fingerprint density at radius 1 is 1.16 bits per heavy atom. The first kappa shape index (κ1) is 16.6. The van der Waals surface area contributed by atoms with E-state index in [-0.39, 0.29) is 6.10 Å². The van der Waals surface area contributed by atoms with E-state index >= 15 is 0 Å². The molecule has 4 heteroatoms. The van der Waals surface area contributed by atoms with E-state index in [4.69, 9.17) is 14.2 Å². The topological polar surface area (TPSA) is 39.7 Å². The Morgan fingerprint density at radius 3 is 2.96 bits per heavy atom. The molecule has 0 radical (unpaired) electrons. The highest BCUT2D eigenvalue weighted by atomic mass is 16.6. The SMILES string of the molecule is C1=C(c2cc(OCCC3COCCO3)cc3ccccc23)CCNC1. The van der Waals surface area contributed by atoms with Gasteiger partial charge >= 0.3 is 0 Å². The van der Waals surface area contributed by atoms with E-state index in [1.807, 2.05) is 0 Å². The van der Waals surface area contributed by atoms with Crippen molar-refractivity contribution < 1.29 is 14.2 Å². The van der Waals surface area contributed by atoms with Crippen LogP contribution in [0.5, 0.6) is 5.75 Å². The minimum Gasteiger partial charge on any atom is -0.493 e. The van der Waals surface area contributed by atoms with Crippen molar-refractivity contribution in [3.63, 3.8) is 0 Å². The van der Waals surface area contributed by atoms with Crippen molar-refractivity contribution in [2.75, 3.05) is 39.5 Å². The number of hydrogen-bond donors (Lipinski definition) is 1. The number of rotatable bonds is 5. The number of hydrogen-bond acceptors (Lipinski definition) is 4. The Labute approximate surface area is 148 Å². The fourth-order valence-corrected chi connectivity index (χ4v) is 3.51. The summed E-state index contributed by atoms with van der Waals surface area (Å²) in [4.78, 5) is 0. The summed E-state index contributed by atoms with van der Waals surface area (Å²) in [5.74, 6) is 0.935. The largest absolute Gasteiger partial charge is 0.493 e. The van der Waals surface area contributed by atoms with Gasteiger partial charge in [0, 0.05) is 13.0 Å². The highest BCUT2D eigenvalue weighted by Crippen LogP contribution is 2.32. The summed E-state index contributed by atoms with van der Waals surface area (Å²) < 4.78 is 17.2. The van der Waals surface area contributed by atoms with Crippen molar-refractivity contribution in [3.05, 3.63) is 48.0 Å². The smallest absolute Gasteiger partial charge is 0.120 e. The van der Waals surface area contributed by atoms with Crippen LogP contribution in [-0.2, 0) is 9.47 Å². The summed E-state index contributed by atoms with van der Waals surface area (Å²) in [6.07, 6.45) is 4.36. The van der Waals surface area contributed by atoms with E-state index in [0.717, 1.165) is 31.7 Å². The second-order valence-electron chi connectivity index (χ2n) is 6.58. The molecule has 132 valence electrons. The van der Waals surface area contributed by atoms with Crippen LogP contribution in [0.1, 0.15) is 18.4 Å². The van der Waals surface area contributed by atoms with E-state index in [2.05, 4.69) is 47.8 Å². The van der Waals surface area contributed by atoms with Crippen LogP contribution in [0.4, 0.5) is 0 Å². The Hall–Kier alpha value is -1.88. The van der Waals surface area contributed by atoms with Gasteiger partial charge in [0.1, 0.15) is 5.75 Å². The maximum atomic E-state index is 6.07. The van der Waals surface area contributed by atoms with Gasteiger partial charge in [-0.15, -0.1) is 0 Å². The Morgan fingerprint density at radius 2 is 2.12 bits per heavy atom. The molecule has 2 aliphatic heterocycles. The number of nitrogens with one attached hydrogen (secondary N) is 1. The van der Waals surface area contributed by atoms with Gasteiger partial charge in [-0.3, -0.25) is 0 Å². The molecular formula is C21H25NO3. The van der Waals surface area contributed by atoms with Crippen LogP contribution in [0.25, 0.3) is 16.3 Å². The molecule has 2 aromatic rings. The van der Waals surface area contributed by atoms with Crippen molar-refractivity contribution in [2.24, 2.45) is 0 Å². The van der Waals surface area contributed by atoms with Crippen molar-refractivity contribution in [1.82, 2.24) is 5.32 Å². The predicted molar refractivity (Wildman–Crippen MR) is 100 cm³/mol. The molecule has 0 aromatic heterocycles. The number of benzene rings is 2. The fourth-order valence-electron chi connectivity index (χ4n) is 3.51. The lowest BCUT2D eigenvalue weighted by molar-refractivity contribution is -0.0935. The van der Waals surface area contributed by atoms with Crippen LogP contribution in [0, 0.1) is 0 Å². The third-order valence-corrected chi connectivity index (χ3v) is 4.84. The quantitative estimate of drug-likeness (QED) is 0.906. The van der Waals surface area contributed by atoms with Crippen molar-refractivity contribution in [1.29, 1.82) is 0 Å². The Kier molecular flexibility index (Phi) is 5.31. The normalized spacial score (nSPS) is 21.1. The molecule has 1 atom stereocenters. The Bertz CT molecular complexity index is 750. The molecule has 2 aromatic carbocycles. The van der Waals surface area contributed by atoms with Gasteiger partial charge in [-0.05, 0) is 47.0 Å². The Balaban J connectivity index is 1.53. The molecular weight excluding hydrogens is 314 g/mol. The van der Waals surface area contributed by atoms with Gasteiger partial charge in [0.25, 0.3) is 0 Å². The first-order valence-corrected chi connectivity index (χ1v) is 9.15. The summed E-state index contributed by atoms with van der Waals surface area (Å²) in [5, 5.41) is 5.91. The molecule has 0 bridgehead atoms. The highest BCUT2D eigenvalue weighted by Gasteiger charge is 2.15. The molecule has 0 saturated carbocycles. The first-order valence-electron chi connectivity index (χ1n) is 9.15. The molecule has 0 aliphatic carbocycles. The van der Waals surface area contributed by atoms with Gasteiger partial charge in [0.2, 0.25) is 0 Å². The summed E-state index contributed by atoms with van der Waals surface area (Å²) in [6.45, 7) is 4.68. The molecule has 2 heterocycles. The lowest BCUT2D eigenvalue weighted by Gasteiger charge is -2.23. The minimum atomic E-state index is 0.154. The summed E-state index contributed by atoms with van der Waals surface area (Å²) in [7, 11) is 0. The van der Waals surface area contributed by atoms with Gasteiger partial charge in [0.15, 0.2) is 0 Å². The van der Waals surface area contributed by atoms with E-state index in [1.54, 1.807) is 0 Å². The maximum Gasteiger partial charge on any atom is 0.120 e. The molecule has 1 saturated heterocycles. The molecule has 4 rings (SSSR count). The molecule has 1 unspecified atom stereocenters. The molecule has 2 aliphatic rings. The molecule has 0 spiro atoms. The van der Waals surface area contributed by atoms with Crippen LogP contribution in [0.3, 0.4) is 0 Å². The molecule has 25 heavy (non-hydrogen) atoms. The van der Waals surface area contributed by atoms with Crippen molar-refractivity contribution in [2.45, 2.75) is 18.9 Å². The first-order chi connectivity index (χ1) is 12.4. The van der Waals surface area contributed by atoms with Crippen molar-refractivity contribution in [3.8, 4) is 5.75 Å². The lowest BCUT2D eigenvalue weighted by atomic mass is 9.94. The molecule has 1 fully saturated rings. The van der Waals surface area contributed by atoms with Gasteiger partial charge in [-0.1, -0.05) is 30.3 Å². The average Bonchev–Trinajstić information content (AvgIpc) is 2.69. The third-order valence-electron chi connectivity index (χ3n) is 4.84. The minimum absolute atomic E-state index is 0.154. The summed E-state index contributed by atoms with van der Waals surface area (Å²) >= 11 is 0. The second kappa shape index (κ2) is 8.00. The van der Waals surface area contributed by atoms with Gasteiger partial charge in [0.05, 0.1) is 32.5 Å². The van der Waals surface area contributed by atoms with Crippen LogP contribution in [0.15, 0.2) is 42.5 Å². The van der Waals surface area contributed by atoms with Crippen LogP contribution in [-0.4, -0.2) is 45.6 Å². The third kappa shape index (κ3) is 4.03. The zero-order chi connectivity index (χ0) is 16.9. The fraction of sp³-hybridized carbons (Fsp3) is 0.429. The zero-order valence-corrected chi connectivity index (χ0v) is 14.5. The molecule has 0 amide bonds. The molecule has 4 nitrogen and oxygen atoms in total. The monoisotopic (exact) mass is 339 g/mol. The zero-order valence-electron chi connectivity index (χ0n) is 14.5.